The molecule has 0 aliphatic heterocycles. The van der Waals surface area contributed by atoms with Crippen molar-refractivity contribution in [1.29, 1.82) is 0 Å². The van der Waals surface area contributed by atoms with Crippen LogP contribution in [0.3, 0.4) is 0 Å². The van der Waals surface area contributed by atoms with E-state index in [9.17, 15) is 13.2 Å². The summed E-state index contributed by atoms with van der Waals surface area (Å²) >= 11 is 12.8. The van der Waals surface area contributed by atoms with Gasteiger partial charge in [0, 0.05) is 13.1 Å². The Kier molecular flexibility index (Phi) is 8.15. The van der Waals surface area contributed by atoms with Crippen molar-refractivity contribution in [2.45, 2.75) is 38.2 Å². The molecule has 0 amide bonds. The molecule has 10 nitrogen and oxygen atoms in total. The number of hydrogen-bond donors (Lipinski definition) is 1. The van der Waals surface area contributed by atoms with Gasteiger partial charge in [-0.05, 0) is 55.3 Å². The number of ether oxygens (including phenoxy) is 1. The van der Waals surface area contributed by atoms with Gasteiger partial charge < -0.3 is 9.84 Å². The quantitative estimate of drug-likeness (QED) is 0.271. The molecule has 0 saturated heterocycles. The number of carboxylic acid groups (broad SMARTS) is 1. The van der Waals surface area contributed by atoms with Crippen molar-refractivity contribution in [3.63, 3.8) is 0 Å². The zero-order chi connectivity index (χ0) is 28.5. The van der Waals surface area contributed by atoms with Gasteiger partial charge in [0.05, 0.1) is 37.6 Å². The van der Waals surface area contributed by atoms with E-state index in [1.165, 1.54) is 31.3 Å². The highest BCUT2D eigenvalue weighted by Gasteiger charge is 2.24. The van der Waals surface area contributed by atoms with E-state index >= 15 is 0 Å². The van der Waals surface area contributed by atoms with Crippen LogP contribution in [0.4, 0.5) is 5.69 Å². The summed E-state index contributed by atoms with van der Waals surface area (Å²) in [6.07, 6.45) is 0. The molecule has 0 saturated carbocycles. The first-order valence-electron chi connectivity index (χ1n) is 11.7. The fourth-order valence-corrected chi connectivity index (χ4v) is 5.72. The summed E-state index contributed by atoms with van der Waals surface area (Å²) in [5, 5.41) is 18.4. The number of aromatic nitrogens is 4. The second-order valence-electron chi connectivity index (χ2n) is 8.90. The van der Waals surface area contributed by atoms with E-state index in [4.69, 9.17) is 33.0 Å². The van der Waals surface area contributed by atoms with Crippen molar-refractivity contribution in [3.05, 3.63) is 87.3 Å². The van der Waals surface area contributed by atoms with Gasteiger partial charge in [-0.3, -0.25) is 4.31 Å². The molecule has 0 aliphatic carbocycles. The normalized spacial score (nSPS) is 11.6. The zero-order valence-corrected chi connectivity index (χ0v) is 23.8. The molecule has 0 bridgehead atoms. The number of rotatable bonds is 9. The van der Waals surface area contributed by atoms with Crippen LogP contribution in [0.2, 0.25) is 10.0 Å². The molecular weight excluding hydrogens is 565 g/mol. The lowest BCUT2D eigenvalue weighted by atomic mass is 10.1. The van der Waals surface area contributed by atoms with Crippen LogP contribution in [0.25, 0.3) is 5.69 Å². The summed E-state index contributed by atoms with van der Waals surface area (Å²) in [4.78, 5) is 15.5. The number of carboxylic acids is 1. The molecule has 1 N–H and O–H groups in total. The van der Waals surface area contributed by atoms with E-state index in [1.54, 1.807) is 41.9 Å². The van der Waals surface area contributed by atoms with Crippen LogP contribution in [0.15, 0.2) is 59.5 Å². The number of hydrogen-bond acceptors (Lipinski definition) is 7. The van der Waals surface area contributed by atoms with Crippen LogP contribution in [0.5, 0.6) is 5.88 Å². The number of anilines is 1. The third kappa shape index (κ3) is 5.70. The zero-order valence-electron chi connectivity index (χ0n) is 21.5. The van der Waals surface area contributed by atoms with Crippen molar-refractivity contribution in [1.82, 2.24) is 20.0 Å². The molecular formula is C26H25Cl2N5O5S. The van der Waals surface area contributed by atoms with Gasteiger partial charge in [-0.1, -0.05) is 48.3 Å². The maximum Gasteiger partial charge on any atom is 0.335 e. The molecule has 0 aliphatic rings. The summed E-state index contributed by atoms with van der Waals surface area (Å²) < 4.78 is 34.9. The number of carbonyl (C=O) groups is 1. The van der Waals surface area contributed by atoms with Crippen molar-refractivity contribution in [2.75, 3.05) is 11.4 Å². The third-order valence-corrected chi connectivity index (χ3v) is 8.37. The summed E-state index contributed by atoms with van der Waals surface area (Å²) in [6, 6.07) is 13.3. The van der Waals surface area contributed by atoms with Crippen LogP contribution in [-0.4, -0.2) is 46.5 Å². The molecule has 2 heterocycles. The molecule has 2 aromatic carbocycles. The maximum absolute atomic E-state index is 13.1. The van der Waals surface area contributed by atoms with Crippen LogP contribution in [0, 0.1) is 6.92 Å². The van der Waals surface area contributed by atoms with Crippen molar-refractivity contribution in [2.24, 2.45) is 0 Å². The van der Waals surface area contributed by atoms with Crippen LogP contribution in [-0.2, 0) is 16.6 Å². The summed E-state index contributed by atoms with van der Waals surface area (Å²) in [7, 11) is -2.56. The highest BCUT2D eigenvalue weighted by Crippen LogP contribution is 2.31. The molecule has 4 rings (SSSR count). The van der Waals surface area contributed by atoms with Crippen LogP contribution >= 0.6 is 23.2 Å². The molecule has 4 aromatic rings. The van der Waals surface area contributed by atoms with E-state index in [-0.39, 0.29) is 28.9 Å². The average molecular weight is 590 g/mol. The summed E-state index contributed by atoms with van der Waals surface area (Å²) in [5.74, 6) is -0.836. The number of sulfonamides is 1. The minimum absolute atomic E-state index is 0.00933. The molecule has 204 valence electrons. The Hall–Kier alpha value is -3.67. The maximum atomic E-state index is 13.1. The van der Waals surface area contributed by atoms with Crippen molar-refractivity contribution >= 4 is 44.9 Å². The number of benzene rings is 2. The van der Waals surface area contributed by atoms with E-state index < -0.39 is 16.0 Å². The first kappa shape index (κ1) is 28.3. The second-order valence-corrected chi connectivity index (χ2v) is 11.7. The Morgan fingerprint density at radius 2 is 1.72 bits per heavy atom. The molecule has 0 radical (unpaired) electrons. The van der Waals surface area contributed by atoms with E-state index in [0.29, 0.717) is 38.5 Å². The van der Waals surface area contributed by atoms with Gasteiger partial charge in [0.25, 0.3) is 10.0 Å². The van der Waals surface area contributed by atoms with Crippen molar-refractivity contribution < 1.29 is 23.1 Å². The number of para-hydroxylation sites is 1. The van der Waals surface area contributed by atoms with Gasteiger partial charge in [-0.15, -0.1) is 5.10 Å². The monoisotopic (exact) mass is 589 g/mol. The topological polar surface area (TPSA) is 128 Å². The lowest BCUT2D eigenvalue weighted by molar-refractivity contribution is 0.0696. The van der Waals surface area contributed by atoms with Gasteiger partial charge in [0.2, 0.25) is 5.88 Å². The molecule has 0 unspecified atom stereocenters. The molecule has 13 heteroatoms. The van der Waals surface area contributed by atoms with Crippen LogP contribution < -0.4 is 9.04 Å². The number of pyridine rings is 1. The van der Waals surface area contributed by atoms with E-state index in [0.717, 1.165) is 4.31 Å². The number of halogens is 2. The largest absolute Gasteiger partial charge is 0.478 e. The predicted molar refractivity (Wildman–Crippen MR) is 148 cm³/mol. The highest BCUT2D eigenvalue weighted by molar-refractivity contribution is 7.92. The van der Waals surface area contributed by atoms with Gasteiger partial charge in [0.1, 0.15) is 18.0 Å². The lowest BCUT2D eigenvalue weighted by Gasteiger charge is -2.21. The van der Waals surface area contributed by atoms with Gasteiger partial charge in [-0.25, -0.2) is 22.9 Å². The fraction of sp³-hybridized carbons (Fsp3) is 0.231. The average Bonchev–Trinajstić information content (AvgIpc) is 3.31. The van der Waals surface area contributed by atoms with Crippen molar-refractivity contribution in [3.8, 4) is 11.6 Å². The second kappa shape index (κ2) is 11.2. The Bertz CT molecular complexity index is 1620. The molecule has 0 atom stereocenters. The molecule has 39 heavy (non-hydrogen) atoms. The molecule has 0 spiro atoms. The fourth-order valence-electron chi connectivity index (χ4n) is 3.91. The minimum atomic E-state index is -3.96. The van der Waals surface area contributed by atoms with E-state index in [2.05, 4.69) is 15.3 Å². The first-order chi connectivity index (χ1) is 18.4. The lowest BCUT2D eigenvalue weighted by Crippen LogP contribution is -2.27. The Morgan fingerprint density at radius 1 is 1.08 bits per heavy atom. The summed E-state index contributed by atoms with van der Waals surface area (Å²) in [6.45, 7) is 5.68. The summed E-state index contributed by atoms with van der Waals surface area (Å²) in [5.41, 5.74) is 2.58. The van der Waals surface area contributed by atoms with Crippen LogP contribution in [0.1, 0.15) is 47.2 Å². The number of aryl methyl sites for hydroxylation is 1. The smallest absolute Gasteiger partial charge is 0.335 e. The van der Waals surface area contributed by atoms with Gasteiger partial charge in [-0.2, -0.15) is 0 Å². The molecule has 0 fully saturated rings. The Balaban J connectivity index is 1.59. The van der Waals surface area contributed by atoms with Gasteiger partial charge in [0.15, 0.2) is 0 Å². The minimum Gasteiger partial charge on any atom is -0.478 e. The standard InChI is InChI=1S/C26H25Cl2N5O5S/c1-15(2)24-22(33(31-30-24)25-19(27)6-5-7-20(25)28)14-38-23-13-12-21(16(3)29-23)32(4)39(36,37)18-10-8-17(9-11-18)26(34)35/h5-13,15H,14H2,1-4H3,(H,34,35). The first-order valence-corrected chi connectivity index (χ1v) is 13.9. The van der Waals surface area contributed by atoms with Gasteiger partial charge >= 0.3 is 5.97 Å². The van der Waals surface area contributed by atoms with E-state index in [1.807, 2.05) is 13.8 Å². The Labute approximate surface area is 235 Å². The number of aromatic carboxylic acids is 1. The third-order valence-electron chi connectivity index (χ3n) is 5.98. The SMILES string of the molecule is Cc1nc(OCc2c(C(C)C)nnn2-c2c(Cl)cccc2Cl)ccc1N(C)S(=O)(=O)c1ccc(C(=O)O)cc1. The Morgan fingerprint density at radius 3 is 2.28 bits per heavy atom. The highest BCUT2D eigenvalue weighted by atomic mass is 35.5. The molecule has 2 aromatic heterocycles. The predicted octanol–water partition coefficient (Wildman–Crippen LogP) is 5.50. The number of nitrogens with zero attached hydrogens (tertiary/aromatic N) is 5.